The predicted molar refractivity (Wildman–Crippen MR) is 177 cm³/mol. The fourth-order valence-electron chi connectivity index (χ4n) is 6.20. The summed E-state index contributed by atoms with van der Waals surface area (Å²) < 4.78 is 35.0. The van der Waals surface area contributed by atoms with Crippen LogP contribution in [0.1, 0.15) is 36.8 Å². The van der Waals surface area contributed by atoms with Crippen LogP contribution in [0.5, 0.6) is 5.75 Å². The van der Waals surface area contributed by atoms with E-state index in [9.17, 15) is 18.3 Å². The van der Waals surface area contributed by atoms with Crippen LogP contribution in [0.2, 0.25) is 0 Å². The van der Waals surface area contributed by atoms with Crippen molar-refractivity contribution >= 4 is 21.8 Å². The topological polar surface area (TPSA) is 90.4 Å². The summed E-state index contributed by atoms with van der Waals surface area (Å²) in [5.41, 5.74) is 3.01. The molecule has 1 unspecified atom stereocenters. The molecular weight excluding hydrogens is 586 g/mol. The number of hydrogen-bond acceptors (Lipinski definition) is 5. The first kappa shape index (κ1) is 32.1. The number of ether oxygens (including phenoxy) is 1. The second kappa shape index (κ2) is 15.1. The zero-order chi connectivity index (χ0) is 31.6. The van der Waals surface area contributed by atoms with E-state index in [2.05, 4.69) is 29.2 Å². The molecule has 9 heteroatoms. The molecule has 1 aliphatic heterocycles. The van der Waals surface area contributed by atoms with Gasteiger partial charge in [0.2, 0.25) is 0 Å². The molecule has 5 rings (SSSR count). The lowest BCUT2D eigenvalue weighted by Crippen LogP contribution is -2.53. The van der Waals surface area contributed by atoms with Gasteiger partial charge in [0.15, 0.2) is 0 Å². The van der Waals surface area contributed by atoms with Gasteiger partial charge < -0.3 is 14.7 Å². The van der Waals surface area contributed by atoms with Crippen molar-refractivity contribution in [1.82, 2.24) is 9.80 Å². The highest BCUT2D eigenvalue weighted by molar-refractivity contribution is 7.92. The number of methoxy groups -OCH3 is 1. The first-order valence-corrected chi connectivity index (χ1v) is 16.8. The largest absolute Gasteiger partial charge is 0.497 e. The van der Waals surface area contributed by atoms with Crippen LogP contribution in [0.3, 0.4) is 0 Å². The minimum atomic E-state index is -3.94. The number of rotatable bonds is 13. The van der Waals surface area contributed by atoms with E-state index in [0.29, 0.717) is 30.7 Å². The molecule has 2 atom stereocenters. The van der Waals surface area contributed by atoms with Gasteiger partial charge in [0, 0.05) is 31.7 Å². The molecule has 45 heavy (non-hydrogen) atoms. The number of para-hydroxylation sites is 1. The van der Waals surface area contributed by atoms with E-state index >= 15 is 0 Å². The lowest BCUT2D eigenvalue weighted by Gasteiger charge is -2.43. The molecule has 0 aliphatic carbocycles. The number of carbonyl (C=O) groups is 1. The van der Waals surface area contributed by atoms with Gasteiger partial charge in [0.05, 0.1) is 17.7 Å². The highest BCUT2D eigenvalue weighted by Crippen LogP contribution is 2.34. The highest BCUT2D eigenvalue weighted by Gasteiger charge is 2.39. The van der Waals surface area contributed by atoms with E-state index < -0.39 is 22.2 Å². The van der Waals surface area contributed by atoms with Gasteiger partial charge in [-0.15, -0.1) is 0 Å². The fourth-order valence-corrected chi connectivity index (χ4v) is 7.89. The van der Waals surface area contributed by atoms with E-state index in [-0.39, 0.29) is 17.5 Å². The maximum Gasteiger partial charge on any atom is 0.407 e. The molecule has 1 saturated heterocycles. The van der Waals surface area contributed by atoms with Gasteiger partial charge in [-0.1, -0.05) is 78.9 Å². The van der Waals surface area contributed by atoms with Crippen LogP contribution in [0.25, 0.3) is 0 Å². The third kappa shape index (κ3) is 8.23. The molecule has 1 amide bonds. The second-order valence-electron chi connectivity index (χ2n) is 11.4. The molecule has 0 saturated carbocycles. The highest BCUT2D eigenvalue weighted by atomic mass is 32.2. The summed E-state index contributed by atoms with van der Waals surface area (Å²) in [6.07, 6.45) is 1.26. The number of carboxylic acid groups (broad SMARTS) is 1. The lowest BCUT2D eigenvalue weighted by atomic mass is 9.93. The minimum absolute atomic E-state index is 0.168. The van der Waals surface area contributed by atoms with Gasteiger partial charge in [0.1, 0.15) is 5.75 Å². The summed E-state index contributed by atoms with van der Waals surface area (Å²) in [5.74, 6) is 0.573. The number of piperidine rings is 1. The average molecular weight is 628 g/mol. The quantitative estimate of drug-likeness (QED) is 0.174. The van der Waals surface area contributed by atoms with Crippen LogP contribution >= 0.6 is 0 Å². The van der Waals surface area contributed by atoms with Crippen LogP contribution in [-0.2, 0) is 23.1 Å². The molecule has 1 heterocycles. The van der Waals surface area contributed by atoms with Gasteiger partial charge in [-0.2, -0.15) is 0 Å². The number of likely N-dealkylation sites (tertiary alicyclic amines) is 1. The summed E-state index contributed by atoms with van der Waals surface area (Å²) in [6.45, 7) is 2.62. The van der Waals surface area contributed by atoms with Crippen molar-refractivity contribution in [2.45, 2.75) is 55.8 Å². The zero-order valence-electron chi connectivity index (χ0n) is 25.6. The van der Waals surface area contributed by atoms with Gasteiger partial charge in [-0.25, -0.2) is 13.2 Å². The maximum absolute atomic E-state index is 14.2. The van der Waals surface area contributed by atoms with Crippen LogP contribution in [0.15, 0.2) is 120 Å². The number of sulfonamides is 1. The number of anilines is 1. The third-order valence-electron chi connectivity index (χ3n) is 8.40. The molecule has 8 nitrogen and oxygen atoms in total. The Morgan fingerprint density at radius 1 is 0.844 bits per heavy atom. The Morgan fingerprint density at radius 3 is 1.93 bits per heavy atom. The van der Waals surface area contributed by atoms with Gasteiger partial charge in [0.25, 0.3) is 10.0 Å². The first-order chi connectivity index (χ1) is 21.8. The molecule has 0 aromatic heterocycles. The molecule has 0 radical (unpaired) electrons. The molecule has 1 N–H and O–H groups in total. The first-order valence-electron chi connectivity index (χ1n) is 15.4. The molecule has 0 bridgehead atoms. The van der Waals surface area contributed by atoms with Crippen molar-refractivity contribution < 1.29 is 23.1 Å². The van der Waals surface area contributed by atoms with Crippen LogP contribution in [0.4, 0.5) is 10.5 Å². The maximum atomic E-state index is 14.2. The summed E-state index contributed by atoms with van der Waals surface area (Å²) in [7, 11) is -2.40. The molecule has 1 fully saturated rings. The number of benzene rings is 4. The Hall–Kier alpha value is -4.34. The van der Waals surface area contributed by atoms with Crippen molar-refractivity contribution in [2.75, 3.05) is 24.5 Å². The van der Waals surface area contributed by atoms with Crippen LogP contribution in [-0.4, -0.2) is 61.7 Å². The Morgan fingerprint density at radius 2 is 1.40 bits per heavy atom. The monoisotopic (exact) mass is 627 g/mol. The smallest absolute Gasteiger partial charge is 0.407 e. The van der Waals surface area contributed by atoms with Crippen molar-refractivity contribution in [3.63, 3.8) is 0 Å². The Balaban J connectivity index is 1.35. The van der Waals surface area contributed by atoms with E-state index in [1.807, 2.05) is 54.6 Å². The molecule has 4 aromatic rings. The fraction of sp³-hybridized carbons (Fsp3) is 0.306. The number of hydrogen-bond donors (Lipinski definition) is 1. The third-order valence-corrected chi connectivity index (χ3v) is 10.3. The normalized spacial score (nSPS) is 16.8. The van der Waals surface area contributed by atoms with E-state index in [1.54, 1.807) is 43.5 Å². The second-order valence-corrected chi connectivity index (χ2v) is 13.3. The zero-order valence-corrected chi connectivity index (χ0v) is 26.4. The van der Waals surface area contributed by atoms with E-state index in [4.69, 9.17) is 4.74 Å². The summed E-state index contributed by atoms with van der Waals surface area (Å²) in [4.78, 5) is 16.4. The van der Waals surface area contributed by atoms with Gasteiger partial charge in [-0.3, -0.25) is 9.21 Å². The lowest BCUT2D eigenvalue weighted by molar-refractivity contribution is 0.0957. The molecule has 1 aliphatic rings. The van der Waals surface area contributed by atoms with Gasteiger partial charge in [-0.05, 0) is 79.8 Å². The molecular formula is C36H41N3O5S. The number of nitrogens with zero attached hydrogens (tertiary/aromatic N) is 3. The van der Waals surface area contributed by atoms with Crippen molar-refractivity contribution in [2.24, 2.45) is 0 Å². The molecule has 4 aromatic carbocycles. The van der Waals surface area contributed by atoms with Crippen LogP contribution in [0, 0.1) is 0 Å². The average Bonchev–Trinajstić information content (AvgIpc) is 3.06. The molecule has 236 valence electrons. The van der Waals surface area contributed by atoms with Crippen molar-refractivity contribution in [3.05, 3.63) is 126 Å². The Kier molecular flexibility index (Phi) is 10.8. The summed E-state index contributed by atoms with van der Waals surface area (Å²) in [6, 6.07) is 35.5. The van der Waals surface area contributed by atoms with Crippen molar-refractivity contribution in [3.8, 4) is 5.75 Å². The standard InChI is InChI=1S/C36H41N3O5S/c1-44-34-19-21-35(22-20-34)45(42,43)39(31-16-9-4-10-17-31)33-23-25-38(36(40)41)32(26-33)18-11-24-37(27-29-12-5-2-6-13-29)28-30-14-7-3-8-15-30/h2-10,12-17,19-22,32-33H,11,18,23-28H2,1H3,(H,40,41)/t32?,33-/m0/s1. The predicted octanol–water partition coefficient (Wildman–Crippen LogP) is 6.88. The summed E-state index contributed by atoms with van der Waals surface area (Å²) >= 11 is 0. The minimum Gasteiger partial charge on any atom is -0.497 e. The Bertz CT molecular complexity index is 1560. The number of amides is 1. The van der Waals surface area contributed by atoms with E-state index in [0.717, 1.165) is 26.1 Å². The SMILES string of the molecule is COc1ccc(S(=O)(=O)N(c2ccccc2)[C@H]2CCN(C(=O)O)C(CCCN(Cc3ccccc3)Cc3ccccc3)C2)cc1. The van der Waals surface area contributed by atoms with Crippen molar-refractivity contribution in [1.29, 1.82) is 0 Å². The molecule has 0 spiro atoms. The van der Waals surface area contributed by atoms with Crippen LogP contribution < -0.4 is 9.04 Å². The summed E-state index contributed by atoms with van der Waals surface area (Å²) in [5, 5.41) is 10.1. The van der Waals surface area contributed by atoms with Gasteiger partial charge >= 0.3 is 6.09 Å². The Labute approximate surface area is 266 Å². The van der Waals surface area contributed by atoms with E-state index in [1.165, 1.54) is 20.3 Å².